The number of halogens is 2. The molecule has 1 unspecified atom stereocenters. The van der Waals surface area contributed by atoms with Gasteiger partial charge in [0.25, 0.3) is 17.7 Å². The fraction of sp³-hybridized carbons (Fsp3) is 0.346. The quantitative estimate of drug-likeness (QED) is 0.220. The Balaban J connectivity index is 1.38. The highest BCUT2D eigenvalue weighted by atomic mass is 19.1. The van der Waals surface area contributed by atoms with Gasteiger partial charge in [-0.15, -0.1) is 0 Å². The van der Waals surface area contributed by atoms with Gasteiger partial charge in [-0.2, -0.15) is 0 Å². The van der Waals surface area contributed by atoms with Crippen molar-refractivity contribution >= 4 is 34.3 Å². The summed E-state index contributed by atoms with van der Waals surface area (Å²) < 4.78 is 37.0. The van der Waals surface area contributed by atoms with Gasteiger partial charge in [0.05, 0.1) is 19.8 Å². The number of rotatable bonds is 11. The van der Waals surface area contributed by atoms with Crippen molar-refractivity contribution in [2.75, 3.05) is 44.9 Å². The van der Waals surface area contributed by atoms with Crippen molar-refractivity contribution < 1.29 is 37.7 Å². The van der Waals surface area contributed by atoms with Crippen LogP contribution in [0.3, 0.4) is 0 Å². The van der Waals surface area contributed by atoms with Gasteiger partial charge >= 0.3 is 0 Å². The van der Waals surface area contributed by atoms with Gasteiger partial charge in [0.15, 0.2) is 0 Å². The molecule has 12 heteroatoms. The molecular weight excluding hydrogens is 502 g/mol. The molecule has 38 heavy (non-hydrogen) atoms. The van der Waals surface area contributed by atoms with Crippen LogP contribution in [0.25, 0.3) is 10.9 Å². The number of fused-ring (bicyclic) bond motifs is 1. The highest BCUT2D eigenvalue weighted by Gasteiger charge is 2.51. The van der Waals surface area contributed by atoms with Crippen molar-refractivity contribution in [1.82, 2.24) is 15.6 Å². The first-order chi connectivity index (χ1) is 18.2. The van der Waals surface area contributed by atoms with Crippen molar-refractivity contribution in [3.8, 4) is 0 Å². The lowest BCUT2D eigenvalue weighted by atomic mass is 10.0. The molecule has 1 atom stereocenters. The molecule has 0 saturated carbocycles. The van der Waals surface area contributed by atoms with Crippen LogP contribution in [-0.2, 0) is 25.6 Å². The number of benzene rings is 2. The number of H-pyrrole nitrogens is 1. The number of aromatic amines is 1. The van der Waals surface area contributed by atoms with Gasteiger partial charge in [-0.05, 0) is 42.0 Å². The summed E-state index contributed by atoms with van der Waals surface area (Å²) >= 11 is 0. The normalized spacial score (nSPS) is 17.3. The molecule has 0 spiro atoms. The maximum absolute atomic E-state index is 13.4. The molecule has 4 rings (SSSR count). The lowest BCUT2D eigenvalue weighted by Gasteiger charge is -2.22. The van der Waals surface area contributed by atoms with Gasteiger partial charge in [0, 0.05) is 55.8 Å². The molecule has 0 bridgehead atoms. The predicted octanol–water partition coefficient (Wildman–Crippen LogP) is 1.62. The summed E-state index contributed by atoms with van der Waals surface area (Å²) in [6.07, 6.45) is -0.166. The lowest BCUT2D eigenvalue weighted by molar-refractivity contribution is -0.149. The molecule has 0 aliphatic carbocycles. The van der Waals surface area contributed by atoms with Crippen molar-refractivity contribution in [2.45, 2.75) is 18.6 Å². The van der Waals surface area contributed by atoms with Crippen LogP contribution < -0.4 is 15.5 Å². The topological polar surface area (TPSA) is 133 Å². The van der Waals surface area contributed by atoms with Crippen LogP contribution >= 0.6 is 0 Å². The molecule has 1 aliphatic rings. The Kier molecular flexibility index (Phi) is 8.35. The zero-order valence-electron chi connectivity index (χ0n) is 20.7. The van der Waals surface area contributed by atoms with Gasteiger partial charge in [0.2, 0.25) is 5.60 Å². The molecule has 3 amide bonds. The van der Waals surface area contributed by atoms with Gasteiger partial charge in [-0.25, -0.2) is 8.78 Å². The maximum atomic E-state index is 13.4. The molecule has 2 heterocycles. The zero-order chi connectivity index (χ0) is 27.3. The van der Waals surface area contributed by atoms with E-state index in [0.717, 1.165) is 12.1 Å². The number of aromatic nitrogens is 1. The Bertz CT molecular complexity index is 1330. The third-order valence-corrected chi connectivity index (χ3v) is 6.17. The SMILES string of the molecule is COCCOCCNC(=O)c1cc2cc(N3CCC(O)(C(=O)NCc4cc(F)cc(F)c4)C3=O)ccc2[nH]1. The minimum absolute atomic E-state index is 0.0731. The fourth-order valence-electron chi connectivity index (χ4n) is 4.19. The van der Waals surface area contributed by atoms with Gasteiger partial charge in [0.1, 0.15) is 17.3 Å². The lowest BCUT2D eigenvalue weighted by Crippen LogP contribution is -2.52. The second kappa shape index (κ2) is 11.7. The summed E-state index contributed by atoms with van der Waals surface area (Å²) in [6, 6.07) is 9.45. The number of amides is 3. The molecule has 3 aromatic rings. The van der Waals surface area contributed by atoms with Crippen LogP contribution in [0.4, 0.5) is 14.5 Å². The highest BCUT2D eigenvalue weighted by Crippen LogP contribution is 2.31. The minimum Gasteiger partial charge on any atom is -0.382 e. The van der Waals surface area contributed by atoms with Crippen molar-refractivity contribution in [3.05, 3.63) is 65.4 Å². The maximum Gasteiger partial charge on any atom is 0.268 e. The average Bonchev–Trinajstić information content (AvgIpc) is 3.45. The van der Waals surface area contributed by atoms with Crippen LogP contribution in [0.5, 0.6) is 0 Å². The number of nitrogens with one attached hydrogen (secondary N) is 3. The first-order valence-electron chi connectivity index (χ1n) is 12.0. The van der Waals surface area contributed by atoms with Crippen LogP contribution in [0, 0.1) is 11.6 Å². The van der Waals surface area contributed by atoms with E-state index in [9.17, 15) is 28.3 Å². The fourth-order valence-corrected chi connectivity index (χ4v) is 4.19. The van der Waals surface area contributed by atoms with E-state index < -0.39 is 29.0 Å². The summed E-state index contributed by atoms with van der Waals surface area (Å²) in [5.41, 5.74) is -0.743. The van der Waals surface area contributed by atoms with Gasteiger partial charge in [-0.1, -0.05) is 0 Å². The standard InChI is InChI=1S/C26H28F2N4O6/c1-37-8-9-38-7-5-29-23(33)22-13-17-12-20(2-3-21(17)31-22)32-6-4-26(36,25(32)35)24(34)30-15-16-10-18(27)14-19(28)11-16/h2-3,10-14,31,36H,4-9,15H2,1H3,(H,29,33)(H,30,34). The minimum atomic E-state index is -2.32. The summed E-state index contributed by atoms with van der Waals surface area (Å²) in [5, 5.41) is 16.6. The molecular formula is C26H28F2N4O6. The number of anilines is 1. The number of methoxy groups -OCH3 is 1. The largest absolute Gasteiger partial charge is 0.382 e. The molecule has 1 saturated heterocycles. The second-order valence-electron chi connectivity index (χ2n) is 8.84. The third-order valence-electron chi connectivity index (χ3n) is 6.17. The Hall–Kier alpha value is -3.87. The molecule has 4 N–H and O–H groups in total. The van der Waals surface area contributed by atoms with E-state index in [-0.39, 0.29) is 31.0 Å². The Labute approximate surface area is 216 Å². The zero-order valence-corrected chi connectivity index (χ0v) is 20.7. The molecule has 1 aliphatic heterocycles. The molecule has 2 aromatic carbocycles. The number of ether oxygens (including phenoxy) is 2. The number of nitrogens with zero attached hydrogens (tertiary/aromatic N) is 1. The van der Waals surface area contributed by atoms with Gasteiger partial charge < -0.3 is 35.1 Å². The first-order valence-corrected chi connectivity index (χ1v) is 12.0. The Morgan fingerprint density at radius 1 is 1.08 bits per heavy atom. The molecule has 10 nitrogen and oxygen atoms in total. The highest BCUT2D eigenvalue weighted by molar-refractivity contribution is 6.16. The van der Waals surface area contributed by atoms with Crippen molar-refractivity contribution in [2.24, 2.45) is 0 Å². The summed E-state index contributed by atoms with van der Waals surface area (Å²) in [6.45, 7) is 1.37. The molecule has 1 fully saturated rings. The van der Waals surface area contributed by atoms with E-state index in [0.29, 0.717) is 54.7 Å². The number of carbonyl (C=O) groups is 3. The van der Waals surface area contributed by atoms with E-state index in [4.69, 9.17) is 9.47 Å². The Morgan fingerprint density at radius 2 is 1.84 bits per heavy atom. The van der Waals surface area contributed by atoms with Crippen LogP contribution in [0.15, 0.2) is 42.5 Å². The van der Waals surface area contributed by atoms with E-state index in [2.05, 4.69) is 15.6 Å². The summed E-state index contributed by atoms with van der Waals surface area (Å²) in [5.74, 6) is -3.70. The average molecular weight is 531 g/mol. The summed E-state index contributed by atoms with van der Waals surface area (Å²) in [7, 11) is 1.57. The van der Waals surface area contributed by atoms with Crippen LogP contribution in [0.1, 0.15) is 22.5 Å². The first kappa shape index (κ1) is 27.2. The van der Waals surface area contributed by atoms with E-state index in [1.165, 1.54) is 4.90 Å². The Morgan fingerprint density at radius 3 is 2.58 bits per heavy atom. The van der Waals surface area contributed by atoms with Gasteiger partial charge in [-0.3, -0.25) is 14.4 Å². The molecule has 0 radical (unpaired) electrons. The van der Waals surface area contributed by atoms with E-state index in [1.807, 2.05) is 0 Å². The van der Waals surface area contributed by atoms with E-state index >= 15 is 0 Å². The molecule has 202 valence electrons. The number of aliphatic hydroxyl groups is 1. The third kappa shape index (κ3) is 5.98. The van der Waals surface area contributed by atoms with E-state index in [1.54, 1.807) is 31.4 Å². The summed E-state index contributed by atoms with van der Waals surface area (Å²) in [4.78, 5) is 42.5. The van der Waals surface area contributed by atoms with Crippen molar-refractivity contribution in [3.63, 3.8) is 0 Å². The predicted molar refractivity (Wildman–Crippen MR) is 133 cm³/mol. The number of hydrogen-bond donors (Lipinski definition) is 4. The monoisotopic (exact) mass is 530 g/mol. The van der Waals surface area contributed by atoms with Crippen molar-refractivity contribution in [1.29, 1.82) is 0 Å². The number of carbonyl (C=O) groups excluding carboxylic acids is 3. The smallest absolute Gasteiger partial charge is 0.268 e. The van der Waals surface area contributed by atoms with Crippen LogP contribution in [0.2, 0.25) is 0 Å². The second-order valence-corrected chi connectivity index (χ2v) is 8.84. The van der Waals surface area contributed by atoms with Crippen LogP contribution in [-0.4, -0.2) is 73.4 Å². The number of hydrogen-bond acceptors (Lipinski definition) is 6. The molecule has 1 aromatic heterocycles.